The molecule has 0 saturated heterocycles. The van der Waals surface area contributed by atoms with Gasteiger partial charge in [-0.25, -0.2) is 0 Å². The summed E-state index contributed by atoms with van der Waals surface area (Å²) >= 11 is 0. The average molecular weight is 447 g/mol. The lowest BCUT2D eigenvalue weighted by Gasteiger charge is -2.16. The summed E-state index contributed by atoms with van der Waals surface area (Å²) in [6.07, 6.45) is 5.24. The van der Waals surface area contributed by atoms with Crippen LogP contribution in [-0.2, 0) is 0 Å². The highest BCUT2D eigenvalue weighted by Crippen LogP contribution is 2.37. The van der Waals surface area contributed by atoms with Crippen molar-refractivity contribution in [3.63, 3.8) is 0 Å². The highest BCUT2D eigenvalue weighted by molar-refractivity contribution is 5.88. The molecule has 172 valence electrons. The van der Waals surface area contributed by atoms with Crippen molar-refractivity contribution in [2.45, 2.75) is 52.1 Å². The monoisotopic (exact) mass is 446 g/mol. The molecule has 0 radical (unpaired) electrons. The van der Waals surface area contributed by atoms with Gasteiger partial charge in [-0.15, -0.1) is 0 Å². The molecule has 0 heterocycles. The number of carbonyl (C=O) groups excluding carboxylic acids is 1. The normalized spacial score (nSPS) is 11.7. The number of ether oxygens (including phenoxy) is 1. The van der Waals surface area contributed by atoms with Gasteiger partial charge in [0, 0.05) is 6.07 Å². The molecule has 0 amide bonds. The SMILES string of the molecule is CCCCCC[C@H](C)Oc1ccc(-c2ccccc2-c2ccc(C(=O)[O-])cc2)cc1[N+](=O)[O-]. The molecule has 0 aliphatic heterocycles. The summed E-state index contributed by atoms with van der Waals surface area (Å²) in [5.74, 6) is -0.969. The van der Waals surface area contributed by atoms with Crippen molar-refractivity contribution in [2.24, 2.45) is 0 Å². The van der Waals surface area contributed by atoms with Crippen molar-refractivity contribution >= 4 is 11.7 Å². The minimum absolute atomic E-state index is 0.0741. The molecule has 0 N–H and O–H groups in total. The van der Waals surface area contributed by atoms with Gasteiger partial charge in [-0.2, -0.15) is 0 Å². The first-order valence-corrected chi connectivity index (χ1v) is 11.3. The van der Waals surface area contributed by atoms with Crippen LogP contribution in [0.25, 0.3) is 22.3 Å². The Morgan fingerprint density at radius 2 is 1.58 bits per heavy atom. The number of rotatable bonds is 11. The van der Waals surface area contributed by atoms with Gasteiger partial charge in [-0.1, -0.05) is 80.8 Å². The molecule has 3 rings (SSSR count). The lowest BCUT2D eigenvalue weighted by atomic mass is 9.94. The molecular formula is C27H28NO5-. The zero-order valence-corrected chi connectivity index (χ0v) is 19.0. The predicted octanol–water partition coefficient (Wildman–Crippen LogP) is 6.03. The van der Waals surface area contributed by atoms with Gasteiger partial charge >= 0.3 is 5.69 Å². The van der Waals surface area contributed by atoms with Gasteiger partial charge in [0.2, 0.25) is 0 Å². The van der Waals surface area contributed by atoms with E-state index in [4.69, 9.17) is 4.74 Å². The number of benzene rings is 3. The second-order valence-electron chi connectivity index (χ2n) is 8.13. The molecule has 0 aliphatic carbocycles. The van der Waals surface area contributed by atoms with Crippen LogP contribution in [-0.4, -0.2) is 17.0 Å². The van der Waals surface area contributed by atoms with E-state index in [1.807, 2.05) is 37.3 Å². The van der Waals surface area contributed by atoms with Gasteiger partial charge in [0.25, 0.3) is 0 Å². The Morgan fingerprint density at radius 1 is 0.939 bits per heavy atom. The average Bonchev–Trinajstić information content (AvgIpc) is 2.82. The number of nitro benzene ring substituents is 1. The van der Waals surface area contributed by atoms with E-state index < -0.39 is 10.9 Å². The molecule has 3 aromatic rings. The minimum Gasteiger partial charge on any atom is -0.545 e. The van der Waals surface area contributed by atoms with Gasteiger partial charge in [0.1, 0.15) is 0 Å². The van der Waals surface area contributed by atoms with Crippen LogP contribution in [0.4, 0.5) is 5.69 Å². The first-order chi connectivity index (χ1) is 15.9. The van der Waals surface area contributed by atoms with E-state index in [1.165, 1.54) is 24.6 Å². The largest absolute Gasteiger partial charge is 0.545 e. The molecule has 0 aromatic heterocycles. The van der Waals surface area contributed by atoms with Crippen molar-refractivity contribution in [1.29, 1.82) is 0 Å². The Kier molecular flexibility index (Phi) is 8.19. The molecule has 0 saturated carbocycles. The molecule has 0 bridgehead atoms. The summed E-state index contributed by atoms with van der Waals surface area (Å²) in [6.45, 7) is 4.10. The first-order valence-electron chi connectivity index (χ1n) is 11.3. The zero-order chi connectivity index (χ0) is 23.8. The summed E-state index contributed by atoms with van der Waals surface area (Å²) in [7, 11) is 0. The van der Waals surface area contributed by atoms with Gasteiger partial charge in [0.05, 0.1) is 17.0 Å². The van der Waals surface area contributed by atoms with E-state index in [1.54, 1.807) is 18.2 Å². The summed E-state index contributed by atoms with van der Waals surface area (Å²) in [5.41, 5.74) is 3.16. The molecule has 0 spiro atoms. The van der Waals surface area contributed by atoms with Crippen molar-refractivity contribution in [3.8, 4) is 28.0 Å². The van der Waals surface area contributed by atoms with Crippen LogP contribution < -0.4 is 9.84 Å². The van der Waals surface area contributed by atoms with Crippen molar-refractivity contribution < 1.29 is 19.6 Å². The molecule has 33 heavy (non-hydrogen) atoms. The predicted molar refractivity (Wildman–Crippen MR) is 127 cm³/mol. The third kappa shape index (κ3) is 6.19. The van der Waals surface area contributed by atoms with E-state index in [9.17, 15) is 20.0 Å². The smallest absolute Gasteiger partial charge is 0.311 e. The maximum Gasteiger partial charge on any atom is 0.311 e. The standard InChI is InChI=1S/C27H29NO5/c1-3-4-5-6-9-19(2)33-26-17-16-22(18-25(26)28(31)32)24-11-8-7-10-23(24)20-12-14-21(15-13-20)27(29)30/h7-8,10-19H,3-6,9H2,1-2H3,(H,29,30)/p-1/t19-/m0/s1. The summed E-state index contributed by atoms with van der Waals surface area (Å²) < 4.78 is 5.93. The topological polar surface area (TPSA) is 92.5 Å². The van der Waals surface area contributed by atoms with Crippen LogP contribution in [0.2, 0.25) is 0 Å². The summed E-state index contributed by atoms with van der Waals surface area (Å²) in [4.78, 5) is 22.4. The maximum absolute atomic E-state index is 11.8. The third-order valence-corrected chi connectivity index (χ3v) is 5.62. The number of hydrogen-bond acceptors (Lipinski definition) is 5. The minimum atomic E-state index is -1.24. The van der Waals surface area contributed by atoms with Crippen molar-refractivity contribution in [3.05, 3.63) is 82.4 Å². The fourth-order valence-corrected chi connectivity index (χ4v) is 3.83. The van der Waals surface area contributed by atoms with Crippen LogP contribution in [0, 0.1) is 10.1 Å². The molecule has 1 atom stereocenters. The highest BCUT2D eigenvalue weighted by Gasteiger charge is 2.20. The first kappa shape index (κ1) is 24.0. The number of nitro groups is 1. The Morgan fingerprint density at radius 3 is 2.18 bits per heavy atom. The Balaban J connectivity index is 1.89. The van der Waals surface area contributed by atoms with E-state index in [0.29, 0.717) is 5.56 Å². The third-order valence-electron chi connectivity index (χ3n) is 5.62. The van der Waals surface area contributed by atoms with E-state index in [-0.39, 0.29) is 23.1 Å². The highest BCUT2D eigenvalue weighted by atomic mass is 16.6. The van der Waals surface area contributed by atoms with Crippen molar-refractivity contribution in [2.75, 3.05) is 0 Å². The van der Waals surface area contributed by atoms with Crippen LogP contribution in [0.3, 0.4) is 0 Å². The molecule has 3 aromatic carbocycles. The van der Waals surface area contributed by atoms with E-state index in [2.05, 4.69) is 6.92 Å². The van der Waals surface area contributed by atoms with Gasteiger partial charge < -0.3 is 14.6 Å². The van der Waals surface area contributed by atoms with Gasteiger partial charge in [-0.05, 0) is 53.6 Å². The van der Waals surface area contributed by atoms with Gasteiger partial charge in [0.15, 0.2) is 5.75 Å². The van der Waals surface area contributed by atoms with Crippen LogP contribution >= 0.6 is 0 Å². The zero-order valence-electron chi connectivity index (χ0n) is 19.0. The quantitative estimate of drug-likeness (QED) is 0.204. The maximum atomic E-state index is 11.8. The number of carboxylic acids is 1. The molecule has 6 heteroatoms. The van der Waals surface area contributed by atoms with Crippen LogP contribution in [0.15, 0.2) is 66.7 Å². The number of hydrogen-bond donors (Lipinski definition) is 0. The number of nitrogens with zero attached hydrogens (tertiary/aromatic N) is 1. The molecule has 0 unspecified atom stereocenters. The van der Waals surface area contributed by atoms with E-state index in [0.717, 1.165) is 42.4 Å². The number of unbranched alkanes of at least 4 members (excludes halogenated alkanes) is 3. The summed E-state index contributed by atoms with van der Waals surface area (Å²) in [6, 6.07) is 18.9. The van der Waals surface area contributed by atoms with Gasteiger partial charge in [-0.3, -0.25) is 10.1 Å². The van der Waals surface area contributed by atoms with E-state index >= 15 is 0 Å². The second kappa shape index (κ2) is 11.3. The lowest BCUT2D eigenvalue weighted by Crippen LogP contribution is -2.21. The van der Waals surface area contributed by atoms with Crippen LogP contribution in [0.5, 0.6) is 5.75 Å². The molecular weight excluding hydrogens is 418 g/mol. The Hall–Kier alpha value is -3.67. The lowest BCUT2D eigenvalue weighted by molar-refractivity contribution is -0.386. The molecule has 6 nitrogen and oxygen atoms in total. The second-order valence-corrected chi connectivity index (χ2v) is 8.13. The fraction of sp³-hybridized carbons (Fsp3) is 0.296. The summed E-state index contributed by atoms with van der Waals surface area (Å²) in [5, 5.41) is 22.9. The van der Waals surface area contributed by atoms with Crippen LogP contribution in [0.1, 0.15) is 56.3 Å². The number of carboxylic acid groups (broad SMARTS) is 1. The van der Waals surface area contributed by atoms with Crippen molar-refractivity contribution in [1.82, 2.24) is 0 Å². The Labute approximate surface area is 194 Å². The number of carbonyl (C=O) groups is 1. The number of aromatic carboxylic acids is 1. The fourth-order valence-electron chi connectivity index (χ4n) is 3.83. The Bertz CT molecular complexity index is 1110. The molecule has 0 fully saturated rings. The molecule has 0 aliphatic rings.